The summed E-state index contributed by atoms with van der Waals surface area (Å²) in [6.45, 7) is 0. The number of nitrogens with zero attached hydrogens (tertiary/aromatic N) is 2. The zero-order valence-corrected chi connectivity index (χ0v) is 20.2. The highest BCUT2D eigenvalue weighted by Crippen LogP contribution is 2.41. The van der Waals surface area contributed by atoms with Gasteiger partial charge in [-0.05, 0) is 29.8 Å². The van der Waals surface area contributed by atoms with E-state index >= 15 is 0 Å². The Kier molecular flexibility index (Phi) is 6.46. The van der Waals surface area contributed by atoms with Crippen LogP contribution in [0.3, 0.4) is 0 Å². The van der Waals surface area contributed by atoms with Gasteiger partial charge in [-0.1, -0.05) is 30.3 Å². The van der Waals surface area contributed by atoms with Crippen molar-refractivity contribution < 1.29 is 18.7 Å². The predicted molar refractivity (Wildman–Crippen MR) is 140 cm³/mol. The smallest absolute Gasteiger partial charge is 0.255 e. The number of nitrogens with one attached hydrogen (secondary N) is 2. The number of benzene rings is 3. The van der Waals surface area contributed by atoms with Crippen LogP contribution >= 0.6 is 11.3 Å². The van der Waals surface area contributed by atoms with Crippen molar-refractivity contribution >= 4 is 44.7 Å². The minimum absolute atomic E-state index is 0.267. The monoisotopic (exact) mass is 500 g/mol. The second kappa shape index (κ2) is 10.0. The number of halogens is 1. The maximum absolute atomic E-state index is 13.5. The molecular weight excluding hydrogens is 479 g/mol. The van der Waals surface area contributed by atoms with Crippen molar-refractivity contribution in [2.75, 3.05) is 24.9 Å². The highest BCUT2D eigenvalue weighted by atomic mass is 32.1. The van der Waals surface area contributed by atoms with Crippen molar-refractivity contribution in [2.24, 2.45) is 0 Å². The number of carbonyl (C=O) groups is 1. The molecule has 0 unspecified atom stereocenters. The van der Waals surface area contributed by atoms with E-state index in [4.69, 9.17) is 9.47 Å². The number of fused-ring (bicyclic) bond motifs is 1. The van der Waals surface area contributed by atoms with Gasteiger partial charge in [0.25, 0.3) is 5.91 Å². The number of anilines is 3. The molecule has 0 aliphatic rings. The van der Waals surface area contributed by atoms with Crippen molar-refractivity contribution in [3.8, 4) is 22.6 Å². The average molecular weight is 501 g/mol. The van der Waals surface area contributed by atoms with Gasteiger partial charge in [0.05, 0.1) is 31.0 Å². The number of aromatic nitrogens is 2. The number of rotatable bonds is 7. The number of hydrogen-bond acceptors (Lipinski definition) is 7. The summed E-state index contributed by atoms with van der Waals surface area (Å²) in [4.78, 5) is 22.3. The zero-order valence-electron chi connectivity index (χ0n) is 19.4. The molecule has 0 bridgehead atoms. The van der Waals surface area contributed by atoms with Gasteiger partial charge in [0.15, 0.2) is 0 Å². The molecule has 0 saturated heterocycles. The lowest BCUT2D eigenvalue weighted by Crippen LogP contribution is -2.13. The Labute approximate surface area is 210 Å². The van der Waals surface area contributed by atoms with E-state index in [1.807, 2.05) is 11.4 Å². The maximum atomic E-state index is 13.5. The van der Waals surface area contributed by atoms with E-state index in [0.29, 0.717) is 34.3 Å². The van der Waals surface area contributed by atoms with Crippen molar-refractivity contribution in [3.63, 3.8) is 0 Å². The molecule has 180 valence electrons. The Morgan fingerprint density at radius 2 is 1.61 bits per heavy atom. The number of hydrogen-bond donors (Lipinski definition) is 2. The number of methoxy groups -OCH3 is 2. The standard InChI is InChI=1S/C27H21FN4O3S/c1-34-22-13-21(32-26(33)17-6-4-3-5-7-17)23(35-2)12-20(22)31-25-24-19(14-36-27(24)30-15-29-25)16-8-10-18(28)11-9-16/h3-15H,1-2H3,(H,32,33)(H,29,30,31). The van der Waals surface area contributed by atoms with E-state index in [1.54, 1.807) is 55.6 Å². The van der Waals surface area contributed by atoms with Crippen molar-refractivity contribution in [2.45, 2.75) is 0 Å². The lowest BCUT2D eigenvalue weighted by atomic mass is 10.1. The van der Waals surface area contributed by atoms with Gasteiger partial charge in [-0.25, -0.2) is 14.4 Å². The van der Waals surface area contributed by atoms with Gasteiger partial charge >= 0.3 is 0 Å². The molecule has 0 radical (unpaired) electrons. The molecule has 2 heterocycles. The summed E-state index contributed by atoms with van der Waals surface area (Å²) < 4.78 is 24.7. The average Bonchev–Trinajstić information content (AvgIpc) is 3.35. The quantitative estimate of drug-likeness (QED) is 0.265. The van der Waals surface area contributed by atoms with Crippen molar-refractivity contribution in [1.82, 2.24) is 9.97 Å². The summed E-state index contributed by atoms with van der Waals surface area (Å²) in [5.74, 6) is 0.906. The van der Waals surface area contributed by atoms with Crippen LogP contribution in [0.5, 0.6) is 11.5 Å². The molecule has 0 aliphatic carbocycles. The molecule has 2 N–H and O–H groups in total. The van der Waals surface area contributed by atoms with E-state index < -0.39 is 0 Å². The van der Waals surface area contributed by atoms with Crippen LogP contribution in [0.25, 0.3) is 21.3 Å². The second-order valence-corrected chi connectivity index (χ2v) is 8.61. The Hall–Kier alpha value is -4.50. The summed E-state index contributed by atoms with van der Waals surface area (Å²) >= 11 is 1.47. The molecule has 36 heavy (non-hydrogen) atoms. The molecule has 0 aliphatic heterocycles. The number of thiophene rings is 1. The first-order valence-corrected chi connectivity index (χ1v) is 11.8. The van der Waals surface area contributed by atoms with Crippen LogP contribution in [0, 0.1) is 5.82 Å². The van der Waals surface area contributed by atoms with E-state index in [2.05, 4.69) is 20.6 Å². The molecule has 0 atom stereocenters. The minimum atomic E-state index is -0.302. The van der Waals surface area contributed by atoms with Crippen LogP contribution < -0.4 is 20.1 Å². The van der Waals surface area contributed by atoms with Gasteiger partial charge in [-0.2, -0.15) is 0 Å². The molecule has 2 aromatic heterocycles. The fourth-order valence-electron chi connectivity index (χ4n) is 3.82. The highest BCUT2D eigenvalue weighted by molar-refractivity contribution is 7.17. The molecule has 0 spiro atoms. The maximum Gasteiger partial charge on any atom is 0.255 e. The van der Waals surface area contributed by atoms with Crippen LogP contribution in [-0.4, -0.2) is 30.1 Å². The molecule has 5 aromatic rings. The number of amides is 1. The highest BCUT2D eigenvalue weighted by Gasteiger charge is 2.18. The van der Waals surface area contributed by atoms with E-state index in [-0.39, 0.29) is 11.7 Å². The minimum Gasteiger partial charge on any atom is -0.494 e. The Balaban J connectivity index is 1.52. The summed E-state index contributed by atoms with van der Waals surface area (Å²) in [7, 11) is 3.07. The van der Waals surface area contributed by atoms with Crippen LogP contribution in [-0.2, 0) is 0 Å². The summed E-state index contributed by atoms with van der Waals surface area (Å²) in [5.41, 5.74) is 3.31. The zero-order chi connectivity index (χ0) is 25.1. The SMILES string of the molecule is COc1cc(Nc2ncnc3scc(-c4ccc(F)cc4)c23)c(OC)cc1NC(=O)c1ccccc1. The molecule has 0 saturated carbocycles. The predicted octanol–water partition coefficient (Wildman–Crippen LogP) is 6.51. The van der Waals surface area contributed by atoms with Gasteiger partial charge < -0.3 is 20.1 Å². The van der Waals surface area contributed by atoms with E-state index in [9.17, 15) is 9.18 Å². The van der Waals surface area contributed by atoms with E-state index in [1.165, 1.54) is 36.9 Å². The Bertz CT molecular complexity index is 1540. The lowest BCUT2D eigenvalue weighted by Gasteiger charge is -2.17. The molecule has 3 aromatic carbocycles. The van der Waals surface area contributed by atoms with E-state index in [0.717, 1.165) is 21.3 Å². The summed E-state index contributed by atoms with van der Waals surface area (Å²) in [6.07, 6.45) is 1.48. The van der Waals surface area contributed by atoms with Gasteiger partial charge in [-0.3, -0.25) is 4.79 Å². The molecular formula is C27H21FN4O3S. The van der Waals surface area contributed by atoms with Crippen molar-refractivity contribution in [3.05, 3.63) is 89.8 Å². The second-order valence-electron chi connectivity index (χ2n) is 7.76. The number of ether oxygens (including phenoxy) is 2. The lowest BCUT2D eigenvalue weighted by molar-refractivity contribution is 0.102. The topological polar surface area (TPSA) is 85.4 Å². The fraction of sp³-hybridized carbons (Fsp3) is 0.0741. The first kappa shape index (κ1) is 23.3. The van der Waals surface area contributed by atoms with Gasteiger partial charge in [0.2, 0.25) is 0 Å². The van der Waals surface area contributed by atoms with Crippen molar-refractivity contribution in [1.29, 1.82) is 0 Å². The van der Waals surface area contributed by atoms with Crippen LogP contribution in [0.1, 0.15) is 10.4 Å². The third-order valence-electron chi connectivity index (χ3n) is 5.58. The Morgan fingerprint density at radius 1 is 0.917 bits per heavy atom. The molecule has 5 rings (SSSR count). The fourth-order valence-corrected chi connectivity index (χ4v) is 4.73. The molecule has 9 heteroatoms. The first-order valence-electron chi connectivity index (χ1n) is 10.9. The largest absolute Gasteiger partial charge is 0.494 e. The van der Waals surface area contributed by atoms with Crippen LogP contribution in [0.4, 0.5) is 21.6 Å². The third-order valence-corrected chi connectivity index (χ3v) is 6.47. The number of carbonyl (C=O) groups excluding carboxylic acids is 1. The van der Waals surface area contributed by atoms with Gasteiger partial charge in [0, 0.05) is 28.6 Å². The Morgan fingerprint density at radius 3 is 2.33 bits per heavy atom. The van der Waals surface area contributed by atoms with Gasteiger partial charge in [0.1, 0.15) is 34.3 Å². The molecule has 0 fully saturated rings. The normalized spacial score (nSPS) is 10.8. The summed E-state index contributed by atoms with van der Waals surface area (Å²) in [6, 6.07) is 18.6. The molecule has 1 amide bonds. The third kappa shape index (κ3) is 4.56. The molecule has 7 nitrogen and oxygen atoms in total. The first-order chi connectivity index (χ1) is 17.6. The van der Waals surface area contributed by atoms with Crippen LogP contribution in [0.15, 0.2) is 78.4 Å². The van der Waals surface area contributed by atoms with Crippen LogP contribution in [0.2, 0.25) is 0 Å². The summed E-state index contributed by atoms with van der Waals surface area (Å²) in [5, 5.41) is 8.98. The van der Waals surface area contributed by atoms with Gasteiger partial charge in [-0.15, -0.1) is 11.3 Å².